The second-order valence-electron chi connectivity index (χ2n) is 8.23. The number of carbonyl (C=O) groups excluding carboxylic acids is 1. The largest absolute Gasteiger partial charge is 0.494 e. The number of hydrogen-bond donors (Lipinski definition) is 0. The first-order valence-corrected chi connectivity index (χ1v) is 12.6. The second-order valence-corrected chi connectivity index (χ2v) is 10.2. The van der Waals surface area contributed by atoms with E-state index in [0.29, 0.717) is 38.3 Å². The maximum atomic E-state index is 13.0. The van der Waals surface area contributed by atoms with Crippen molar-refractivity contribution in [3.63, 3.8) is 0 Å². The Bertz CT molecular complexity index is 783. The van der Waals surface area contributed by atoms with Crippen molar-refractivity contribution in [3.05, 3.63) is 29.8 Å². The highest BCUT2D eigenvalue weighted by atomic mass is 32.2. The van der Waals surface area contributed by atoms with Gasteiger partial charge in [0.2, 0.25) is 0 Å². The highest BCUT2D eigenvalue weighted by Crippen LogP contribution is 2.25. The van der Waals surface area contributed by atoms with Crippen LogP contribution in [-0.4, -0.2) is 73.7 Å². The smallest absolute Gasteiger partial charge is 0.282 e. The molecular formula is C22H35N3O4S. The Hall–Kier alpha value is -1.64. The van der Waals surface area contributed by atoms with Gasteiger partial charge in [-0.1, -0.05) is 32.6 Å². The molecule has 0 spiro atoms. The predicted molar refractivity (Wildman–Crippen MR) is 118 cm³/mol. The van der Waals surface area contributed by atoms with E-state index in [4.69, 9.17) is 4.74 Å². The van der Waals surface area contributed by atoms with Crippen LogP contribution in [0.25, 0.3) is 0 Å². The third-order valence-electron chi connectivity index (χ3n) is 6.17. The Balaban J connectivity index is 1.53. The van der Waals surface area contributed by atoms with Crippen molar-refractivity contribution in [1.29, 1.82) is 0 Å². The van der Waals surface area contributed by atoms with Crippen LogP contribution in [0.5, 0.6) is 5.75 Å². The summed E-state index contributed by atoms with van der Waals surface area (Å²) in [5.41, 5.74) is 0.605. The fraction of sp³-hybridized carbons (Fsp3) is 0.682. The van der Waals surface area contributed by atoms with Crippen LogP contribution in [0.3, 0.4) is 0 Å². The van der Waals surface area contributed by atoms with E-state index in [1.165, 1.54) is 10.7 Å². The van der Waals surface area contributed by atoms with Crippen LogP contribution in [0.15, 0.2) is 24.3 Å². The lowest BCUT2D eigenvalue weighted by Gasteiger charge is -2.38. The van der Waals surface area contributed by atoms with Crippen LogP contribution in [-0.2, 0) is 10.2 Å². The monoisotopic (exact) mass is 437 g/mol. The van der Waals surface area contributed by atoms with Gasteiger partial charge in [0.15, 0.2) is 0 Å². The number of rotatable bonds is 8. The molecule has 0 radical (unpaired) electrons. The molecule has 1 aromatic carbocycles. The van der Waals surface area contributed by atoms with Gasteiger partial charge in [-0.25, -0.2) is 0 Å². The number of piperazine rings is 1. The van der Waals surface area contributed by atoms with Crippen molar-refractivity contribution in [2.45, 2.75) is 57.9 Å². The second kappa shape index (κ2) is 10.6. The molecule has 1 saturated heterocycles. The van der Waals surface area contributed by atoms with Gasteiger partial charge in [0.1, 0.15) is 5.75 Å². The molecule has 0 atom stereocenters. The lowest BCUT2D eigenvalue weighted by atomic mass is 9.96. The van der Waals surface area contributed by atoms with Crippen LogP contribution >= 0.6 is 0 Å². The molecule has 2 fully saturated rings. The molecule has 8 heteroatoms. The van der Waals surface area contributed by atoms with Crippen molar-refractivity contribution in [3.8, 4) is 5.75 Å². The fourth-order valence-electron chi connectivity index (χ4n) is 4.15. The van der Waals surface area contributed by atoms with E-state index >= 15 is 0 Å². The van der Waals surface area contributed by atoms with Gasteiger partial charge in [-0.15, -0.1) is 0 Å². The summed E-state index contributed by atoms with van der Waals surface area (Å²) in [5.74, 6) is 0.703. The molecule has 0 aromatic heterocycles. The molecule has 30 heavy (non-hydrogen) atoms. The number of nitrogens with zero attached hydrogens (tertiary/aromatic N) is 3. The Morgan fingerprint density at radius 2 is 1.70 bits per heavy atom. The Morgan fingerprint density at radius 3 is 2.30 bits per heavy atom. The summed E-state index contributed by atoms with van der Waals surface area (Å²) in [4.78, 5) is 14.6. The molecule has 1 aromatic rings. The minimum atomic E-state index is -3.48. The average molecular weight is 438 g/mol. The normalized spacial score (nSPS) is 19.2. The van der Waals surface area contributed by atoms with Gasteiger partial charge >= 0.3 is 0 Å². The first kappa shape index (κ1) is 23.0. The standard InChI is InChI=1S/C22H35N3O4S/c1-3-4-18-29-21-12-10-19(11-13-21)22(26)24-14-16-25(17-15-24)30(27,28)23(2)20-8-6-5-7-9-20/h10-13,20H,3-9,14-18H2,1-2H3. The van der Waals surface area contributed by atoms with E-state index in [0.717, 1.165) is 44.3 Å². The van der Waals surface area contributed by atoms with E-state index in [1.54, 1.807) is 28.4 Å². The zero-order chi connectivity index (χ0) is 21.6. The van der Waals surface area contributed by atoms with Crippen LogP contribution in [0.1, 0.15) is 62.2 Å². The Kier molecular flexibility index (Phi) is 8.13. The van der Waals surface area contributed by atoms with Gasteiger partial charge in [-0.3, -0.25) is 4.79 Å². The van der Waals surface area contributed by atoms with Crippen LogP contribution in [0.4, 0.5) is 0 Å². The summed E-state index contributed by atoms with van der Waals surface area (Å²) in [6.07, 6.45) is 7.33. The van der Waals surface area contributed by atoms with Gasteiger partial charge < -0.3 is 9.64 Å². The number of amides is 1. The van der Waals surface area contributed by atoms with Crippen molar-refractivity contribution < 1.29 is 17.9 Å². The maximum Gasteiger partial charge on any atom is 0.282 e. The van der Waals surface area contributed by atoms with Gasteiger partial charge in [-0.05, 0) is 43.5 Å². The summed E-state index contributed by atoms with van der Waals surface area (Å²) < 4.78 is 34.8. The molecule has 168 valence electrons. The molecule has 0 unspecified atom stereocenters. The zero-order valence-corrected chi connectivity index (χ0v) is 19.1. The summed E-state index contributed by atoms with van der Waals surface area (Å²) in [6.45, 7) is 4.28. The Labute approximate surface area is 181 Å². The molecule has 1 aliphatic heterocycles. The molecular weight excluding hydrogens is 402 g/mol. The first-order valence-electron chi connectivity index (χ1n) is 11.2. The van der Waals surface area contributed by atoms with E-state index in [1.807, 2.05) is 12.1 Å². The molecule has 2 aliphatic rings. The minimum absolute atomic E-state index is 0.0622. The molecule has 1 heterocycles. The predicted octanol–water partition coefficient (Wildman–Crippen LogP) is 3.13. The van der Waals surface area contributed by atoms with Gasteiger partial charge in [-0.2, -0.15) is 17.0 Å². The van der Waals surface area contributed by atoms with Crippen molar-refractivity contribution in [2.24, 2.45) is 0 Å². The average Bonchev–Trinajstić information content (AvgIpc) is 2.79. The number of hydrogen-bond acceptors (Lipinski definition) is 4. The highest BCUT2D eigenvalue weighted by molar-refractivity contribution is 7.86. The summed E-state index contributed by atoms with van der Waals surface area (Å²) >= 11 is 0. The van der Waals surface area contributed by atoms with Gasteiger partial charge in [0.25, 0.3) is 16.1 Å². The number of benzene rings is 1. The third kappa shape index (κ3) is 5.53. The fourth-order valence-corrected chi connectivity index (χ4v) is 5.72. The highest BCUT2D eigenvalue weighted by Gasteiger charge is 2.35. The van der Waals surface area contributed by atoms with Crippen molar-refractivity contribution in [2.75, 3.05) is 39.8 Å². The molecule has 1 saturated carbocycles. The van der Waals surface area contributed by atoms with Gasteiger partial charge in [0.05, 0.1) is 6.61 Å². The number of ether oxygens (including phenoxy) is 1. The van der Waals surface area contributed by atoms with Gasteiger partial charge in [0, 0.05) is 44.8 Å². The molecule has 1 aliphatic carbocycles. The zero-order valence-electron chi connectivity index (χ0n) is 18.3. The van der Waals surface area contributed by atoms with Crippen LogP contribution in [0, 0.1) is 0 Å². The molecule has 7 nitrogen and oxygen atoms in total. The van der Waals surface area contributed by atoms with E-state index in [2.05, 4.69) is 6.92 Å². The lowest BCUT2D eigenvalue weighted by molar-refractivity contribution is 0.0693. The van der Waals surface area contributed by atoms with E-state index < -0.39 is 10.2 Å². The summed E-state index contributed by atoms with van der Waals surface area (Å²) in [6, 6.07) is 7.31. The molecule has 0 N–H and O–H groups in total. The molecule has 0 bridgehead atoms. The van der Waals surface area contributed by atoms with Crippen LogP contribution in [0.2, 0.25) is 0 Å². The quantitative estimate of drug-likeness (QED) is 0.586. The van der Waals surface area contributed by atoms with E-state index in [-0.39, 0.29) is 11.9 Å². The topological polar surface area (TPSA) is 70.2 Å². The third-order valence-corrected chi connectivity index (χ3v) is 8.22. The SMILES string of the molecule is CCCCOc1ccc(C(=O)N2CCN(S(=O)(=O)N(C)C3CCCCC3)CC2)cc1. The van der Waals surface area contributed by atoms with E-state index in [9.17, 15) is 13.2 Å². The lowest BCUT2D eigenvalue weighted by Crippen LogP contribution is -2.55. The summed E-state index contributed by atoms with van der Waals surface area (Å²) in [5, 5.41) is 0. The number of unbranched alkanes of at least 4 members (excludes halogenated alkanes) is 1. The summed E-state index contributed by atoms with van der Waals surface area (Å²) in [7, 11) is -1.78. The maximum absolute atomic E-state index is 13.0. The molecule has 1 amide bonds. The minimum Gasteiger partial charge on any atom is -0.494 e. The number of carbonyl (C=O) groups is 1. The van der Waals surface area contributed by atoms with Crippen LogP contribution < -0.4 is 4.74 Å². The van der Waals surface area contributed by atoms with Crippen molar-refractivity contribution in [1.82, 2.24) is 13.5 Å². The first-order chi connectivity index (χ1) is 14.4. The van der Waals surface area contributed by atoms with Crippen molar-refractivity contribution >= 4 is 16.1 Å². The Morgan fingerprint density at radius 1 is 1.07 bits per heavy atom. The molecule has 3 rings (SSSR count).